The molecule has 108 valence electrons. The van der Waals surface area contributed by atoms with E-state index in [2.05, 4.69) is 27.4 Å². The number of aryl methyl sites for hydroxylation is 3. The zero-order valence-corrected chi connectivity index (χ0v) is 12.2. The lowest BCUT2D eigenvalue weighted by atomic mass is 10.1. The number of hydrogen-bond acceptors (Lipinski definition) is 4. The van der Waals surface area contributed by atoms with Crippen molar-refractivity contribution in [2.45, 2.75) is 38.6 Å². The van der Waals surface area contributed by atoms with Crippen molar-refractivity contribution in [3.63, 3.8) is 0 Å². The van der Waals surface area contributed by atoms with Gasteiger partial charge in [-0.25, -0.2) is 0 Å². The van der Waals surface area contributed by atoms with Crippen LogP contribution in [0.25, 0.3) is 0 Å². The Labute approximate surface area is 119 Å². The topological polar surface area (TPSA) is 47.1 Å². The average Bonchev–Trinajstić information content (AvgIpc) is 3.11. The van der Waals surface area contributed by atoms with E-state index in [0.29, 0.717) is 6.04 Å². The van der Waals surface area contributed by atoms with Crippen molar-refractivity contribution in [3.05, 3.63) is 35.5 Å². The number of aromatic nitrogens is 3. The summed E-state index contributed by atoms with van der Waals surface area (Å²) in [7, 11) is 1.96. The molecule has 0 saturated carbocycles. The molecule has 2 aromatic heterocycles. The molecule has 0 N–H and O–H groups in total. The van der Waals surface area contributed by atoms with Crippen molar-refractivity contribution in [2.24, 2.45) is 7.05 Å². The normalized spacial score (nSPS) is 19.8. The molecule has 1 fully saturated rings. The Morgan fingerprint density at radius 2 is 2.35 bits per heavy atom. The molecule has 2 aromatic rings. The molecule has 0 unspecified atom stereocenters. The highest BCUT2D eigenvalue weighted by molar-refractivity contribution is 5.09. The minimum absolute atomic E-state index is 0.421. The van der Waals surface area contributed by atoms with Gasteiger partial charge in [0.2, 0.25) is 0 Å². The molecule has 3 rings (SSSR count). The van der Waals surface area contributed by atoms with E-state index in [1.165, 1.54) is 18.4 Å². The highest BCUT2D eigenvalue weighted by Gasteiger charge is 2.28. The Morgan fingerprint density at radius 3 is 3.05 bits per heavy atom. The first-order chi connectivity index (χ1) is 9.72. The molecule has 1 saturated heterocycles. The Kier molecular flexibility index (Phi) is 3.87. The van der Waals surface area contributed by atoms with Crippen molar-refractivity contribution in [3.8, 4) is 0 Å². The van der Waals surface area contributed by atoms with Gasteiger partial charge in [-0.3, -0.25) is 9.58 Å². The number of rotatable bonds is 5. The van der Waals surface area contributed by atoms with Gasteiger partial charge in [-0.2, -0.15) is 5.10 Å². The second-order valence-corrected chi connectivity index (χ2v) is 5.69. The second-order valence-electron chi connectivity index (χ2n) is 5.69. The number of nitrogens with zero attached hydrogens (tertiary/aromatic N) is 4. The summed E-state index contributed by atoms with van der Waals surface area (Å²) < 4.78 is 7.31. The molecular weight excluding hydrogens is 252 g/mol. The van der Waals surface area contributed by atoms with Gasteiger partial charge in [0, 0.05) is 19.3 Å². The van der Waals surface area contributed by atoms with E-state index in [1.54, 1.807) is 0 Å². The third-order valence-electron chi connectivity index (χ3n) is 4.01. The molecule has 0 aromatic carbocycles. The fourth-order valence-corrected chi connectivity index (χ4v) is 3.04. The molecule has 0 radical (unpaired) electrons. The molecule has 0 amide bonds. The summed E-state index contributed by atoms with van der Waals surface area (Å²) in [5.41, 5.74) is 2.29. The predicted octanol–water partition coefficient (Wildman–Crippen LogP) is 2.49. The summed E-state index contributed by atoms with van der Waals surface area (Å²) in [6.07, 6.45) is 8.74. The van der Waals surface area contributed by atoms with Crippen LogP contribution in [0.4, 0.5) is 0 Å². The van der Waals surface area contributed by atoms with Crippen LogP contribution in [0.5, 0.6) is 0 Å². The third kappa shape index (κ3) is 2.93. The zero-order chi connectivity index (χ0) is 13.9. The van der Waals surface area contributed by atoms with Crippen LogP contribution >= 0.6 is 0 Å². The third-order valence-corrected chi connectivity index (χ3v) is 4.01. The number of likely N-dealkylation sites (tertiary alicyclic amines) is 1. The van der Waals surface area contributed by atoms with E-state index in [0.717, 1.165) is 37.4 Å². The lowest BCUT2D eigenvalue weighted by molar-refractivity contribution is 0.212. The fraction of sp³-hybridized carbons (Fsp3) is 0.600. The van der Waals surface area contributed by atoms with Crippen molar-refractivity contribution in [1.29, 1.82) is 0 Å². The van der Waals surface area contributed by atoms with E-state index in [4.69, 9.17) is 4.52 Å². The van der Waals surface area contributed by atoms with Gasteiger partial charge in [0.25, 0.3) is 0 Å². The molecule has 0 aliphatic carbocycles. The summed E-state index contributed by atoms with van der Waals surface area (Å²) in [6, 6.07) is 2.49. The smallest absolute Gasteiger partial charge is 0.154 e. The molecular formula is C15H22N4O. The highest BCUT2D eigenvalue weighted by atomic mass is 16.5. The summed E-state index contributed by atoms with van der Waals surface area (Å²) in [5, 5.41) is 8.23. The summed E-state index contributed by atoms with van der Waals surface area (Å²) in [5.74, 6) is 1.03. The Balaban J connectivity index is 1.54. The van der Waals surface area contributed by atoms with Crippen molar-refractivity contribution >= 4 is 0 Å². The Hall–Kier alpha value is -1.62. The maximum atomic E-state index is 5.44. The highest BCUT2D eigenvalue weighted by Crippen LogP contribution is 2.32. The lowest BCUT2D eigenvalue weighted by Crippen LogP contribution is -2.24. The van der Waals surface area contributed by atoms with Gasteiger partial charge in [0.1, 0.15) is 0 Å². The van der Waals surface area contributed by atoms with E-state index >= 15 is 0 Å². The van der Waals surface area contributed by atoms with Crippen LogP contribution in [0.2, 0.25) is 0 Å². The first-order valence-electron chi connectivity index (χ1n) is 7.37. The largest absolute Gasteiger partial charge is 0.359 e. The summed E-state index contributed by atoms with van der Waals surface area (Å²) in [4.78, 5) is 2.52. The van der Waals surface area contributed by atoms with Gasteiger partial charge < -0.3 is 4.52 Å². The van der Waals surface area contributed by atoms with Gasteiger partial charge in [-0.05, 0) is 51.3 Å². The standard InChI is InChI=1S/C15H22N4O/c1-12-9-15(20-17-12)14-6-4-8-19(14)7-3-5-13-10-16-18(2)11-13/h9-11,14H,3-8H2,1-2H3/t14-/m1/s1. The SMILES string of the molecule is Cc1cc([C@H]2CCCN2CCCc2cnn(C)c2)on1. The number of hydrogen-bond donors (Lipinski definition) is 0. The molecule has 20 heavy (non-hydrogen) atoms. The molecule has 5 nitrogen and oxygen atoms in total. The minimum Gasteiger partial charge on any atom is -0.359 e. The molecule has 5 heteroatoms. The van der Waals surface area contributed by atoms with Crippen molar-refractivity contribution in [1.82, 2.24) is 19.8 Å². The van der Waals surface area contributed by atoms with Crippen molar-refractivity contribution in [2.75, 3.05) is 13.1 Å². The second kappa shape index (κ2) is 5.79. The van der Waals surface area contributed by atoms with E-state index in [-0.39, 0.29) is 0 Å². The predicted molar refractivity (Wildman–Crippen MR) is 76.3 cm³/mol. The van der Waals surface area contributed by atoms with Crippen LogP contribution in [0, 0.1) is 6.92 Å². The molecule has 1 aliphatic rings. The molecule has 1 aliphatic heterocycles. The van der Waals surface area contributed by atoms with Crippen LogP contribution in [-0.2, 0) is 13.5 Å². The van der Waals surface area contributed by atoms with E-state index in [1.807, 2.05) is 24.9 Å². The van der Waals surface area contributed by atoms with Gasteiger partial charge in [0.15, 0.2) is 5.76 Å². The maximum absolute atomic E-state index is 5.44. The van der Waals surface area contributed by atoms with E-state index in [9.17, 15) is 0 Å². The Morgan fingerprint density at radius 1 is 1.45 bits per heavy atom. The summed E-state index contributed by atoms with van der Waals surface area (Å²) in [6.45, 7) is 4.26. The monoisotopic (exact) mass is 274 g/mol. The molecule has 1 atom stereocenters. The van der Waals surface area contributed by atoms with Gasteiger partial charge in [0.05, 0.1) is 17.9 Å². The molecule has 3 heterocycles. The minimum atomic E-state index is 0.421. The fourth-order valence-electron chi connectivity index (χ4n) is 3.04. The first-order valence-corrected chi connectivity index (χ1v) is 7.37. The van der Waals surface area contributed by atoms with E-state index < -0.39 is 0 Å². The molecule has 0 bridgehead atoms. The van der Waals surface area contributed by atoms with Gasteiger partial charge in [-0.1, -0.05) is 5.16 Å². The van der Waals surface area contributed by atoms with Crippen LogP contribution in [0.15, 0.2) is 23.0 Å². The van der Waals surface area contributed by atoms with Crippen LogP contribution < -0.4 is 0 Å². The quantitative estimate of drug-likeness (QED) is 0.840. The van der Waals surface area contributed by atoms with Crippen LogP contribution in [-0.4, -0.2) is 32.9 Å². The van der Waals surface area contributed by atoms with Gasteiger partial charge >= 0.3 is 0 Å². The summed E-state index contributed by atoms with van der Waals surface area (Å²) >= 11 is 0. The van der Waals surface area contributed by atoms with Crippen LogP contribution in [0.1, 0.15) is 42.3 Å². The average molecular weight is 274 g/mol. The zero-order valence-electron chi connectivity index (χ0n) is 12.2. The molecule has 0 spiro atoms. The first kappa shape index (κ1) is 13.4. The lowest BCUT2D eigenvalue weighted by Gasteiger charge is -2.21. The van der Waals surface area contributed by atoms with Crippen LogP contribution in [0.3, 0.4) is 0 Å². The van der Waals surface area contributed by atoms with Crippen molar-refractivity contribution < 1.29 is 4.52 Å². The Bertz CT molecular complexity index is 560. The maximum Gasteiger partial charge on any atom is 0.154 e. The van der Waals surface area contributed by atoms with Gasteiger partial charge in [-0.15, -0.1) is 0 Å².